The average molecular weight is 404 g/mol. The summed E-state index contributed by atoms with van der Waals surface area (Å²) >= 11 is 0. The van der Waals surface area contributed by atoms with Crippen LogP contribution < -0.4 is 10.5 Å². The van der Waals surface area contributed by atoms with Crippen LogP contribution in [0.25, 0.3) is 0 Å². The largest absolute Gasteiger partial charge is 0.455 e. The van der Waals surface area contributed by atoms with Gasteiger partial charge in [-0.2, -0.15) is 0 Å². The highest BCUT2D eigenvalue weighted by Crippen LogP contribution is 2.21. The highest BCUT2D eigenvalue weighted by Gasteiger charge is 2.21. The quantitative estimate of drug-likeness (QED) is 0.655. The third-order valence-electron chi connectivity index (χ3n) is 4.33. The molecular formula is C20H24N2O5S. The first kappa shape index (κ1) is 21.6. The minimum Gasteiger partial charge on any atom is -0.455 e. The van der Waals surface area contributed by atoms with Crippen LogP contribution in [0, 0.1) is 0 Å². The van der Waals surface area contributed by atoms with E-state index in [0.717, 1.165) is 5.56 Å². The summed E-state index contributed by atoms with van der Waals surface area (Å²) in [6.45, 7) is 3.23. The van der Waals surface area contributed by atoms with Gasteiger partial charge in [0.05, 0.1) is 16.9 Å². The van der Waals surface area contributed by atoms with Crippen LogP contribution in [0.2, 0.25) is 0 Å². The Morgan fingerprint density at radius 2 is 1.64 bits per heavy atom. The standard InChI is InChI=1S/C20H24N2O5S/c1-3-18(16-7-5-4-6-8-16)20(24)27-13-19(23)22-14(2)15-9-11-17(12-10-15)28(21,25)26/h4-12,14,18H,3,13H2,1-2H3,(H,22,23)(H2,21,25,26)/t14-,18+/m0/s1. The van der Waals surface area contributed by atoms with Crippen molar-refractivity contribution in [1.29, 1.82) is 0 Å². The van der Waals surface area contributed by atoms with Gasteiger partial charge in [-0.25, -0.2) is 13.6 Å². The lowest BCUT2D eigenvalue weighted by atomic mass is 9.97. The Labute approximate surface area is 164 Å². The Morgan fingerprint density at radius 1 is 1.04 bits per heavy atom. The van der Waals surface area contributed by atoms with E-state index in [9.17, 15) is 18.0 Å². The first-order chi connectivity index (χ1) is 13.2. The molecule has 3 N–H and O–H groups in total. The van der Waals surface area contributed by atoms with Crippen LogP contribution in [0.15, 0.2) is 59.5 Å². The molecule has 0 saturated heterocycles. The number of amides is 1. The molecule has 0 aliphatic carbocycles. The van der Waals surface area contributed by atoms with Gasteiger partial charge in [0.1, 0.15) is 0 Å². The van der Waals surface area contributed by atoms with Gasteiger partial charge < -0.3 is 10.1 Å². The number of carbonyl (C=O) groups is 2. The molecule has 2 aromatic rings. The Balaban J connectivity index is 1.90. The Kier molecular flexibility index (Phi) is 7.31. The lowest BCUT2D eigenvalue weighted by Gasteiger charge is -2.17. The fourth-order valence-corrected chi connectivity index (χ4v) is 3.29. The summed E-state index contributed by atoms with van der Waals surface area (Å²) in [7, 11) is -3.77. The summed E-state index contributed by atoms with van der Waals surface area (Å²) < 4.78 is 27.7. The van der Waals surface area contributed by atoms with Crippen molar-refractivity contribution in [3.63, 3.8) is 0 Å². The van der Waals surface area contributed by atoms with Gasteiger partial charge in [-0.1, -0.05) is 49.4 Å². The van der Waals surface area contributed by atoms with E-state index in [1.807, 2.05) is 37.3 Å². The molecule has 28 heavy (non-hydrogen) atoms. The molecule has 1 amide bonds. The van der Waals surface area contributed by atoms with E-state index >= 15 is 0 Å². The first-order valence-electron chi connectivity index (χ1n) is 8.86. The van der Waals surface area contributed by atoms with Gasteiger partial charge in [-0.3, -0.25) is 9.59 Å². The molecule has 150 valence electrons. The molecule has 2 aromatic carbocycles. The first-order valence-corrected chi connectivity index (χ1v) is 10.4. The molecule has 0 heterocycles. The number of nitrogens with two attached hydrogens (primary N) is 1. The van der Waals surface area contributed by atoms with Gasteiger partial charge in [0.2, 0.25) is 10.0 Å². The molecule has 0 aliphatic rings. The van der Waals surface area contributed by atoms with E-state index in [0.29, 0.717) is 12.0 Å². The molecule has 0 unspecified atom stereocenters. The number of esters is 1. The summed E-state index contributed by atoms with van der Waals surface area (Å²) in [6, 6.07) is 14.8. The van der Waals surface area contributed by atoms with E-state index in [2.05, 4.69) is 5.32 Å². The fraction of sp³-hybridized carbons (Fsp3) is 0.300. The maximum atomic E-state index is 12.3. The van der Waals surface area contributed by atoms with Crippen molar-refractivity contribution in [2.24, 2.45) is 5.14 Å². The lowest BCUT2D eigenvalue weighted by molar-refractivity contribution is -0.150. The van der Waals surface area contributed by atoms with Crippen molar-refractivity contribution in [2.45, 2.75) is 37.1 Å². The highest BCUT2D eigenvalue weighted by atomic mass is 32.2. The van der Waals surface area contributed by atoms with E-state index in [1.165, 1.54) is 12.1 Å². The molecule has 0 fully saturated rings. The Hall–Kier alpha value is -2.71. The monoisotopic (exact) mass is 404 g/mol. The number of sulfonamides is 1. The molecule has 2 rings (SSSR count). The third kappa shape index (κ3) is 5.90. The van der Waals surface area contributed by atoms with Gasteiger partial charge in [0.15, 0.2) is 6.61 Å². The maximum Gasteiger partial charge on any atom is 0.313 e. The average Bonchev–Trinajstić information content (AvgIpc) is 2.67. The van der Waals surface area contributed by atoms with Crippen LogP contribution in [0.3, 0.4) is 0 Å². The Bertz CT molecular complexity index is 911. The van der Waals surface area contributed by atoms with E-state index in [-0.39, 0.29) is 11.5 Å². The van der Waals surface area contributed by atoms with Crippen molar-refractivity contribution in [3.05, 3.63) is 65.7 Å². The summed E-state index contributed by atoms with van der Waals surface area (Å²) in [5.41, 5.74) is 1.54. The second kappa shape index (κ2) is 9.48. The minimum absolute atomic E-state index is 0.00442. The minimum atomic E-state index is -3.77. The van der Waals surface area contributed by atoms with Crippen LogP contribution in [0.4, 0.5) is 0 Å². The number of carbonyl (C=O) groups excluding carboxylic acids is 2. The number of benzene rings is 2. The van der Waals surface area contributed by atoms with E-state index in [1.54, 1.807) is 19.1 Å². The second-order valence-corrected chi connectivity index (χ2v) is 7.94. The van der Waals surface area contributed by atoms with Gasteiger partial charge in [0.25, 0.3) is 5.91 Å². The molecule has 0 spiro atoms. The third-order valence-corrected chi connectivity index (χ3v) is 5.26. The van der Waals surface area contributed by atoms with Crippen LogP contribution >= 0.6 is 0 Å². The topological polar surface area (TPSA) is 116 Å². The molecule has 0 bridgehead atoms. The predicted molar refractivity (Wildman–Crippen MR) is 105 cm³/mol. The van der Waals surface area contributed by atoms with E-state index < -0.39 is 33.9 Å². The number of hydrogen-bond acceptors (Lipinski definition) is 5. The van der Waals surface area contributed by atoms with E-state index in [4.69, 9.17) is 9.88 Å². The number of rotatable bonds is 8. The highest BCUT2D eigenvalue weighted by molar-refractivity contribution is 7.89. The summed E-state index contributed by atoms with van der Waals surface area (Å²) in [5.74, 6) is -1.31. The molecule has 0 aliphatic heterocycles. The van der Waals surface area contributed by atoms with Crippen molar-refractivity contribution < 1.29 is 22.7 Å². The predicted octanol–water partition coefficient (Wildman–Crippen LogP) is 2.25. The molecule has 2 atom stereocenters. The van der Waals surface area contributed by atoms with Gasteiger partial charge in [0, 0.05) is 0 Å². The maximum absolute atomic E-state index is 12.3. The SMILES string of the molecule is CC[C@@H](C(=O)OCC(=O)N[C@@H](C)c1ccc(S(N)(=O)=O)cc1)c1ccccc1. The second-order valence-electron chi connectivity index (χ2n) is 6.38. The molecule has 8 heteroatoms. The van der Waals surface area contributed by atoms with Gasteiger partial charge in [-0.15, -0.1) is 0 Å². The van der Waals surface area contributed by atoms with Gasteiger partial charge >= 0.3 is 5.97 Å². The fourth-order valence-electron chi connectivity index (χ4n) is 2.77. The van der Waals surface area contributed by atoms with Crippen LogP contribution in [0.5, 0.6) is 0 Å². The Morgan fingerprint density at radius 3 is 2.18 bits per heavy atom. The zero-order chi connectivity index (χ0) is 20.7. The van der Waals surface area contributed by atoms with Crippen LogP contribution in [-0.4, -0.2) is 26.9 Å². The number of hydrogen-bond donors (Lipinski definition) is 2. The van der Waals surface area contributed by atoms with Gasteiger partial charge in [-0.05, 0) is 36.6 Å². The van der Waals surface area contributed by atoms with Crippen molar-refractivity contribution in [1.82, 2.24) is 5.32 Å². The number of ether oxygens (including phenoxy) is 1. The zero-order valence-electron chi connectivity index (χ0n) is 15.8. The zero-order valence-corrected chi connectivity index (χ0v) is 16.6. The molecule has 7 nitrogen and oxygen atoms in total. The normalized spacial score (nSPS) is 13.4. The van der Waals surface area contributed by atoms with Crippen molar-refractivity contribution >= 4 is 21.9 Å². The van der Waals surface area contributed by atoms with Crippen LogP contribution in [0.1, 0.15) is 43.4 Å². The summed E-state index contributed by atoms with van der Waals surface area (Å²) in [4.78, 5) is 24.4. The summed E-state index contributed by atoms with van der Waals surface area (Å²) in [5, 5.41) is 7.77. The van der Waals surface area contributed by atoms with Crippen LogP contribution in [-0.2, 0) is 24.3 Å². The molecule has 0 radical (unpaired) electrons. The molecule has 0 aromatic heterocycles. The number of nitrogens with one attached hydrogen (secondary N) is 1. The molecule has 0 saturated carbocycles. The smallest absolute Gasteiger partial charge is 0.313 e. The van der Waals surface area contributed by atoms with Crippen molar-refractivity contribution in [3.8, 4) is 0 Å². The lowest BCUT2D eigenvalue weighted by Crippen LogP contribution is -2.32. The number of primary sulfonamides is 1. The van der Waals surface area contributed by atoms with Crippen molar-refractivity contribution in [2.75, 3.05) is 6.61 Å². The summed E-state index contributed by atoms with van der Waals surface area (Å²) in [6.07, 6.45) is 0.567. The molecular weight excluding hydrogens is 380 g/mol.